The van der Waals surface area contributed by atoms with Crippen molar-refractivity contribution in [1.29, 1.82) is 0 Å². The van der Waals surface area contributed by atoms with Gasteiger partial charge >= 0.3 is 0 Å². The van der Waals surface area contributed by atoms with E-state index in [4.69, 9.17) is 21.1 Å². The van der Waals surface area contributed by atoms with Gasteiger partial charge in [0.25, 0.3) is 0 Å². The summed E-state index contributed by atoms with van der Waals surface area (Å²) in [4.78, 5) is 7.79. The zero-order valence-corrected chi connectivity index (χ0v) is 18.8. The van der Waals surface area contributed by atoms with Crippen molar-refractivity contribution in [2.45, 2.75) is 18.7 Å². The van der Waals surface area contributed by atoms with Gasteiger partial charge < -0.3 is 14.5 Å². The lowest BCUT2D eigenvalue weighted by Gasteiger charge is -2.18. The molecule has 160 valence electrons. The standard InChI is InChI=1S/C21H24ClN3O4S/c1-5-25(6-2)30(26,27)17-7-8-19-20(13-17)24-21(23-19)18(22)11-14-9-15(28-3)12-16(10-14)29-4/h7-13H,5-6H2,1-4H3,(H,23,24)/b18-11-. The number of methoxy groups -OCH3 is 2. The average Bonchev–Trinajstić information content (AvgIpc) is 3.17. The number of H-pyrrole nitrogens is 1. The Hall–Kier alpha value is -2.55. The van der Waals surface area contributed by atoms with E-state index in [-0.39, 0.29) is 4.90 Å². The maximum absolute atomic E-state index is 12.8. The third kappa shape index (κ3) is 4.45. The van der Waals surface area contributed by atoms with Crippen molar-refractivity contribution in [2.24, 2.45) is 0 Å². The topological polar surface area (TPSA) is 84.5 Å². The number of aromatic nitrogens is 2. The van der Waals surface area contributed by atoms with Gasteiger partial charge in [-0.3, -0.25) is 0 Å². The van der Waals surface area contributed by atoms with Crippen LogP contribution in [0.5, 0.6) is 11.5 Å². The number of nitrogens with zero attached hydrogens (tertiary/aromatic N) is 2. The molecule has 0 saturated heterocycles. The summed E-state index contributed by atoms with van der Waals surface area (Å²) in [5.41, 5.74) is 1.99. The number of rotatable bonds is 8. The van der Waals surface area contributed by atoms with Gasteiger partial charge in [0.05, 0.1) is 35.2 Å². The van der Waals surface area contributed by atoms with Crippen LogP contribution < -0.4 is 9.47 Å². The predicted molar refractivity (Wildman–Crippen MR) is 119 cm³/mol. The molecule has 0 aliphatic rings. The van der Waals surface area contributed by atoms with E-state index in [2.05, 4.69) is 9.97 Å². The van der Waals surface area contributed by atoms with Crippen molar-refractivity contribution in [1.82, 2.24) is 14.3 Å². The molecule has 30 heavy (non-hydrogen) atoms. The van der Waals surface area contributed by atoms with E-state index in [9.17, 15) is 8.42 Å². The van der Waals surface area contributed by atoms with Crippen LogP contribution in [0.25, 0.3) is 22.1 Å². The number of fused-ring (bicyclic) bond motifs is 1. The Balaban J connectivity index is 1.99. The van der Waals surface area contributed by atoms with Gasteiger partial charge in [-0.25, -0.2) is 13.4 Å². The highest BCUT2D eigenvalue weighted by molar-refractivity contribution is 7.89. The number of ether oxygens (including phenoxy) is 2. The average molecular weight is 450 g/mol. The van der Waals surface area contributed by atoms with E-state index < -0.39 is 10.0 Å². The molecule has 3 aromatic rings. The van der Waals surface area contributed by atoms with Crippen molar-refractivity contribution in [2.75, 3.05) is 27.3 Å². The maximum atomic E-state index is 12.8. The molecule has 0 bridgehead atoms. The Morgan fingerprint density at radius 3 is 2.30 bits per heavy atom. The Kier molecular flexibility index (Phi) is 6.70. The predicted octanol–water partition coefficient (Wildman–Crippen LogP) is 4.35. The molecule has 7 nitrogen and oxygen atoms in total. The highest BCUT2D eigenvalue weighted by Gasteiger charge is 2.22. The molecule has 0 amide bonds. The summed E-state index contributed by atoms with van der Waals surface area (Å²) in [5.74, 6) is 1.72. The number of hydrogen-bond acceptors (Lipinski definition) is 5. The SMILES string of the molecule is CCN(CC)S(=O)(=O)c1ccc2nc(/C(Cl)=C/c3cc(OC)cc(OC)c3)[nH]c2c1. The number of aromatic amines is 1. The number of sulfonamides is 1. The molecule has 0 aliphatic carbocycles. The lowest BCUT2D eigenvalue weighted by atomic mass is 10.2. The smallest absolute Gasteiger partial charge is 0.243 e. The van der Waals surface area contributed by atoms with Crippen molar-refractivity contribution < 1.29 is 17.9 Å². The van der Waals surface area contributed by atoms with Gasteiger partial charge in [0, 0.05) is 19.2 Å². The molecule has 9 heteroatoms. The second-order valence-electron chi connectivity index (χ2n) is 6.49. The third-order valence-electron chi connectivity index (χ3n) is 4.69. The summed E-state index contributed by atoms with van der Waals surface area (Å²) in [7, 11) is -0.405. The highest BCUT2D eigenvalue weighted by atomic mass is 35.5. The Labute approximate surface area is 181 Å². The number of imidazole rings is 1. The van der Waals surface area contributed by atoms with Gasteiger partial charge in [0.1, 0.15) is 17.3 Å². The summed E-state index contributed by atoms with van der Waals surface area (Å²) in [6, 6.07) is 10.2. The van der Waals surface area contributed by atoms with Crippen LogP contribution in [-0.4, -0.2) is 50.0 Å². The van der Waals surface area contributed by atoms with Crippen molar-refractivity contribution in [3.05, 3.63) is 47.8 Å². The molecular formula is C21H24ClN3O4S. The largest absolute Gasteiger partial charge is 0.497 e. The summed E-state index contributed by atoms with van der Waals surface area (Å²) in [6.45, 7) is 4.44. The van der Waals surface area contributed by atoms with E-state index in [1.165, 1.54) is 4.31 Å². The molecule has 0 unspecified atom stereocenters. The fourth-order valence-electron chi connectivity index (χ4n) is 3.10. The minimum absolute atomic E-state index is 0.214. The lowest BCUT2D eigenvalue weighted by molar-refractivity contribution is 0.394. The number of nitrogens with one attached hydrogen (secondary N) is 1. The number of benzene rings is 2. The van der Waals surface area contributed by atoms with Crippen LogP contribution >= 0.6 is 11.6 Å². The molecule has 0 aliphatic heterocycles. The Bertz CT molecular complexity index is 1160. The summed E-state index contributed by atoms with van der Waals surface area (Å²) < 4.78 is 37.5. The van der Waals surface area contributed by atoms with Crippen molar-refractivity contribution >= 4 is 43.8 Å². The van der Waals surface area contributed by atoms with Crippen LogP contribution in [0.15, 0.2) is 41.3 Å². The normalized spacial score (nSPS) is 12.5. The molecule has 2 aromatic carbocycles. The van der Waals surface area contributed by atoms with Crippen LogP contribution in [0.2, 0.25) is 0 Å². The van der Waals surface area contributed by atoms with Crippen LogP contribution in [0.1, 0.15) is 25.2 Å². The van der Waals surface area contributed by atoms with Crippen LogP contribution in [0.4, 0.5) is 0 Å². The summed E-state index contributed by atoms with van der Waals surface area (Å²) in [5, 5.41) is 0.370. The van der Waals surface area contributed by atoms with Crippen LogP contribution in [0, 0.1) is 0 Å². The minimum Gasteiger partial charge on any atom is -0.497 e. The summed E-state index contributed by atoms with van der Waals surface area (Å²) >= 11 is 6.49. The van der Waals surface area contributed by atoms with Crippen LogP contribution in [-0.2, 0) is 10.0 Å². The maximum Gasteiger partial charge on any atom is 0.243 e. The van der Waals surface area contributed by atoms with Crippen molar-refractivity contribution in [3.8, 4) is 11.5 Å². The second-order valence-corrected chi connectivity index (χ2v) is 8.84. The third-order valence-corrected chi connectivity index (χ3v) is 7.02. The fraction of sp³-hybridized carbons (Fsp3) is 0.286. The molecule has 0 spiro atoms. The number of halogens is 1. The zero-order valence-electron chi connectivity index (χ0n) is 17.3. The van der Waals surface area contributed by atoms with Gasteiger partial charge in [-0.15, -0.1) is 0 Å². The molecule has 1 aromatic heterocycles. The molecule has 0 saturated carbocycles. The van der Waals surface area contributed by atoms with E-state index in [0.717, 1.165) is 5.56 Å². The van der Waals surface area contributed by atoms with Gasteiger partial charge in [0.15, 0.2) is 0 Å². The van der Waals surface area contributed by atoms with Crippen LogP contribution in [0.3, 0.4) is 0 Å². The van der Waals surface area contributed by atoms with E-state index in [1.54, 1.807) is 44.6 Å². The molecule has 3 rings (SSSR count). The first-order valence-electron chi connectivity index (χ1n) is 9.43. The van der Waals surface area contributed by atoms with E-state index in [1.807, 2.05) is 26.0 Å². The molecular weight excluding hydrogens is 426 g/mol. The zero-order chi connectivity index (χ0) is 21.9. The fourth-order valence-corrected chi connectivity index (χ4v) is 4.80. The molecule has 0 fully saturated rings. The molecule has 0 radical (unpaired) electrons. The monoisotopic (exact) mass is 449 g/mol. The first-order chi connectivity index (χ1) is 14.3. The quantitative estimate of drug-likeness (QED) is 0.552. The van der Waals surface area contributed by atoms with Gasteiger partial charge in [-0.1, -0.05) is 25.4 Å². The molecule has 0 atom stereocenters. The Morgan fingerprint density at radius 2 is 1.73 bits per heavy atom. The lowest BCUT2D eigenvalue weighted by Crippen LogP contribution is -2.30. The van der Waals surface area contributed by atoms with Gasteiger partial charge in [-0.05, 0) is 42.0 Å². The minimum atomic E-state index is -3.56. The molecule has 1 heterocycles. The number of hydrogen-bond donors (Lipinski definition) is 1. The van der Waals surface area contributed by atoms with Gasteiger partial charge in [-0.2, -0.15) is 4.31 Å². The van der Waals surface area contributed by atoms with E-state index in [0.29, 0.717) is 46.5 Å². The molecule has 1 N–H and O–H groups in total. The summed E-state index contributed by atoms with van der Waals surface area (Å²) in [6.07, 6.45) is 1.73. The highest BCUT2D eigenvalue weighted by Crippen LogP contribution is 2.28. The first kappa shape index (κ1) is 22.1. The second kappa shape index (κ2) is 9.07. The first-order valence-corrected chi connectivity index (χ1v) is 11.2. The Morgan fingerprint density at radius 1 is 1.10 bits per heavy atom. The van der Waals surface area contributed by atoms with E-state index >= 15 is 0 Å². The van der Waals surface area contributed by atoms with Gasteiger partial charge in [0.2, 0.25) is 10.0 Å². The van der Waals surface area contributed by atoms with Crippen molar-refractivity contribution in [3.63, 3.8) is 0 Å².